The van der Waals surface area contributed by atoms with E-state index >= 15 is 0 Å². The highest BCUT2D eigenvalue weighted by atomic mass is 16.6. The molecule has 0 aliphatic carbocycles. The number of unbranched alkanes of at least 4 members (excludes halogenated alkanes) is 15. The van der Waals surface area contributed by atoms with Crippen LogP contribution >= 0.6 is 0 Å². The van der Waals surface area contributed by atoms with Crippen LogP contribution in [0.25, 0.3) is 0 Å². The van der Waals surface area contributed by atoms with Gasteiger partial charge in [0.2, 0.25) is 0 Å². The third kappa shape index (κ3) is 50.4. The van der Waals surface area contributed by atoms with Crippen LogP contribution in [0, 0.1) is 0 Å². The van der Waals surface area contributed by atoms with Crippen molar-refractivity contribution < 1.29 is 28.6 Å². The number of carbonyl (C=O) groups is 3. The number of allylic oxidation sites excluding steroid dienone is 22. The summed E-state index contributed by atoms with van der Waals surface area (Å²) in [6, 6.07) is 0. The van der Waals surface area contributed by atoms with Crippen LogP contribution in [0.15, 0.2) is 134 Å². The minimum Gasteiger partial charge on any atom is -0.462 e. The second-order valence-corrected chi connectivity index (χ2v) is 16.5. The first-order chi connectivity index (χ1) is 32.0. The van der Waals surface area contributed by atoms with Gasteiger partial charge in [-0.25, -0.2) is 0 Å². The van der Waals surface area contributed by atoms with E-state index in [0.29, 0.717) is 12.8 Å². The second-order valence-electron chi connectivity index (χ2n) is 16.5. The van der Waals surface area contributed by atoms with Gasteiger partial charge < -0.3 is 14.2 Å². The lowest BCUT2D eigenvalue weighted by Gasteiger charge is -2.18. The summed E-state index contributed by atoms with van der Waals surface area (Å²) in [5, 5.41) is 0. The van der Waals surface area contributed by atoms with Gasteiger partial charge in [-0.1, -0.05) is 212 Å². The second kappa shape index (κ2) is 52.2. The monoisotopic (exact) mass is 897 g/mol. The molecule has 0 heterocycles. The van der Waals surface area contributed by atoms with Crippen LogP contribution in [0.1, 0.15) is 201 Å². The molecule has 0 rings (SSSR count). The van der Waals surface area contributed by atoms with Gasteiger partial charge in [-0.2, -0.15) is 0 Å². The molecule has 1 unspecified atom stereocenters. The van der Waals surface area contributed by atoms with E-state index < -0.39 is 6.10 Å². The lowest BCUT2D eigenvalue weighted by molar-refractivity contribution is -0.167. The molecule has 0 amide bonds. The van der Waals surface area contributed by atoms with Gasteiger partial charge in [-0.15, -0.1) is 0 Å². The molecular weight excluding hydrogens is 805 g/mol. The quantitative estimate of drug-likeness (QED) is 0.0199. The van der Waals surface area contributed by atoms with Gasteiger partial charge in [0.05, 0.1) is 0 Å². The standard InChI is InChI=1S/C59H92O6/c1-4-7-10-13-16-19-22-25-27-29-31-34-37-40-43-46-49-52-58(61)64-55-56(54-63-57(60)51-48-45-42-39-36-33-24-21-18-15-12-9-6-3)65-59(62)53-50-47-44-41-38-35-32-30-28-26-23-20-17-14-11-8-5-2/h9,12,15-21,24-28,31,33-34,36,39-40,42-43,56H,4-8,10-11,13-14,22-23,29-30,32,35,37-38,41,44-55H2,1-3H3/b12-9+,18-15+,19-16+,20-17+,24-21+,27-25+,28-26+,34-31+,36-33+,42-39+,43-40+. The molecule has 0 aliphatic rings. The maximum atomic E-state index is 12.8. The molecule has 0 aromatic carbocycles. The number of hydrogen-bond donors (Lipinski definition) is 0. The van der Waals surface area contributed by atoms with Crippen molar-refractivity contribution in [2.75, 3.05) is 13.2 Å². The van der Waals surface area contributed by atoms with Crippen molar-refractivity contribution in [3.05, 3.63) is 134 Å². The molecule has 1 atom stereocenters. The highest BCUT2D eigenvalue weighted by Gasteiger charge is 2.19. The minimum absolute atomic E-state index is 0.137. The molecule has 0 spiro atoms. The Balaban J connectivity index is 4.60. The van der Waals surface area contributed by atoms with Gasteiger partial charge in [-0.05, 0) is 103 Å². The van der Waals surface area contributed by atoms with E-state index in [-0.39, 0.29) is 50.4 Å². The fourth-order valence-electron chi connectivity index (χ4n) is 6.38. The van der Waals surface area contributed by atoms with Gasteiger partial charge >= 0.3 is 17.9 Å². The molecule has 364 valence electrons. The van der Waals surface area contributed by atoms with Crippen molar-refractivity contribution >= 4 is 17.9 Å². The number of rotatable bonds is 44. The molecule has 65 heavy (non-hydrogen) atoms. The molecule has 0 saturated heterocycles. The molecule has 0 bridgehead atoms. The molecule has 6 heteroatoms. The first kappa shape index (κ1) is 60.5. The Hall–Kier alpha value is -4.45. The Kier molecular flexibility index (Phi) is 48.6. The average molecular weight is 897 g/mol. The number of hydrogen-bond acceptors (Lipinski definition) is 6. The largest absolute Gasteiger partial charge is 0.462 e. The maximum absolute atomic E-state index is 12.8. The third-order valence-corrected chi connectivity index (χ3v) is 10.2. The van der Waals surface area contributed by atoms with Crippen molar-refractivity contribution in [2.24, 2.45) is 0 Å². The smallest absolute Gasteiger partial charge is 0.306 e. The molecule has 0 aromatic heterocycles. The lowest BCUT2D eigenvalue weighted by atomic mass is 10.1. The summed E-state index contributed by atoms with van der Waals surface area (Å²) >= 11 is 0. The van der Waals surface area contributed by atoms with Crippen molar-refractivity contribution in [3.8, 4) is 0 Å². The highest BCUT2D eigenvalue weighted by Crippen LogP contribution is 2.12. The fraction of sp³-hybridized carbons (Fsp3) is 0.576. The third-order valence-electron chi connectivity index (χ3n) is 10.2. The molecule has 6 nitrogen and oxygen atoms in total. The topological polar surface area (TPSA) is 78.9 Å². The predicted molar refractivity (Wildman–Crippen MR) is 279 cm³/mol. The molecule has 0 radical (unpaired) electrons. The van der Waals surface area contributed by atoms with E-state index in [9.17, 15) is 14.4 Å². The molecule has 0 aromatic rings. The Morgan fingerprint density at radius 3 is 1.12 bits per heavy atom. The van der Waals surface area contributed by atoms with Crippen LogP contribution in [0.2, 0.25) is 0 Å². The summed E-state index contributed by atoms with van der Waals surface area (Å²) in [7, 11) is 0. The van der Waals surface area contributed by atoms with Gasteiger partial charge in [0.15, 0.2) is 6.10 Å². The number of carbonyl (C=O) groups excluding carboxylic acids is 3. The van der Waals surface area contributed by atoms with E-state index in [2.05, 4.69) is 99.8 Å². The number of ether oxygens (including phenoxy) is 3. The number of esters is 3. The summed E-state index contributed by atoms with van der Waals surface area (Å²) in [6.07, 6.45) is 73.0. The zero-order valence-corrected chi connectivity index (χ0v) is 41.4. The first-order valence-corrected chi connectivity index (χ1v) is 25.8. The Morgan fingerprint density at radius 2 is 0.677 bits per heavy atom. The van der Waals surface area contributed by atoms with Crippen LogP contribution in [-0.2, 0) is 28.6 Å². The Morgan fingerprint density at radius 1 is 0.338 bits per heavy atom. The van der Waals surface area contributed by atoms with E-state index in [1.54, 1.807) is 0 Å². The van der Waals surface area contributed by atoms with Crippen LogP contribution in [-0.4, -0.2) is 37.2 Å². The van der Waals surface area contributed by atoms with Crippen LogP contribution in [0.5, 0.6) is 0 Å². The van der Waals surface area contributed by atoms with Crippen molar-refractivity contribution in [3.63, 3.8) is 0 Å². The van der Waals surface area contributed by atoms with Gasteiger partial charge in [0.25, 0.3) is 0 Å². The minimum atomic E-state index is -0.838. The molecule has 0 saturated carbocycles. The van der Waals surface area contributed by atoms with E-state index in [1.807, 2.05) is 54.7 Å². The summed E-state index contributed by atoms with van der Waals surface area (Å²) in [6.45, 7) is 6.30. The lowest BCUT2D eigenvalue weighted by Crippen LogP contribution is -2.30. The van der Waals surface area contributed by atoms with Crippen LogP contribution in [0.4, 0.5) is 0 Å². The van der Waals surface area contributed by atoms with Crippen LogP contribution in [0.3, 0.4) is 0 Å². The summed E-state index contributed by atoms with van der Waals surface area (Å²) in [4.78, 5) is 37.9. The zero-order chi connectivity index (χ0) is 47.2. The van der Waals surface area contributed by atoms with Crippen LogP contribution < -0.4 is 0 Å². The highest BCUT2D eigenvalue weighted by molar-refractivity contribution is 5.71. The fourth-order valence-corrected chi connectivity index (χ4v) is 6.38. The van der Waals surface area contributed by atoms with Gasteiger partial charge in [-0.3, -0.25) is 14.4 Å². The van der Waals surface area contributed by atoms with E-state index in [1.165, 1.54) is 70.6 Å². The predicted octanol–water partition coefficient (Wildman–Crippen LogP) is 17.1. The van der Waals surface area contributed by atoms with Crippen molar-refractivity contribution in [1.82, 2.24) is 0 Å². The van der Waals surface area contributed by atoms with Crippen molar-refractivity contribution in [1.29, 1.82) is 0 Å². The van der Waals surface area contributed by atoms with Gasteiger partial charge in [0.1, 0.15) is 13.2 Å². The molecule has 0 fully saturated rings. The normalized spacial score (nSPS) is 13.2. The maximum Gasteiger partial charge on any atom is 0.306 e. The molecule has 0 aliphatic heterocycles. The first-order valence-electron chi connectivity index (χ1n) is 25.8. The zero-order valence-electron chi connectivity index (χ0n) is 41.4. The van der Waals surface area contributed by atoms with E-state index in [4.69, 9.17) is 14.2 Å². The summed E-state index contributed by atoms with van der Waals surface area (Å²) in [5.74, 6) is -1.08. The Bertz CT molecular complexity index is 1450. The average Bonchev–Trinajstić information content (AvgIpc) is 3.30. The molecule has 0 N–H and O–H groups in total. The summed E-state index contributed by atoms with van der Waals surface area (Å²) < 4.78 is 16.7. The van der Waals surface area contributed by atoms with Gasteiger partial charge in [0, 0.05) is 19.3 Å². The SMILES string of the molecule is CC/C=C/C=C/C=C/C=C/C=C/CCCC(=O)OCC(COC(=O)CCC/C=C/C/C=C/C/C=C/C/C=C/CCCCC)OC(=O)CCCCCCCCC/C=C/C/C=C/CCCCC. The van der Waals surface area contributed by atoms with Crippen molar-refractivity contribution in [2.45, 2.75) is 207 Å². The van der Waals surface area contributed by atoms with E-state index in [0.717, 1.165) is 77.0 Å². The Labute approximate surface area is 398 Å². The summed E-state index contributed by atoms with van der Waals surface area (Å²) in [5.41, 5.74) is 0. The molecular formula is C59H92O6.